The van der Waals surface area contributed by atoms with Crippen molar-refractivity contribution in [3.63, 3.8) is 0 Å². The summed E-state index contributed by atoms with van der Waals surface area (Å²) in [5.41, 5.74) is 17.1. The molecule has 0 aromatic heterocycles. The van der Waals surface area contributed by atoms with Gasteiger partial charge in [0.25, 0.3) is 0 Å². The van der Waals surface area contributed by atoms with Crippen molar-refractivity contribution in [3.05, 3.63) is 0 Å². The van der Waals surface area contributed by atoms with Gasteiger partial charge in [-0.3, -0.25) is 0 Å². The number of guanidine groups is 1. The number of amides is 2. The molecule has 0 aliphatic carbocycles. The number of rotatable bonds is 3. The van der Waals surface area contributed by atoms with E-state index in [-0.39, 0.29) is 18.4 Å². The highest BCUT2D eigenvalue weighted by atomic mass is 35.5. The molecule has 0 bridgehead atoms. The minimum atomic E-state index is -0.758. The largest absolute Gasteiger partial charge is 0.369 e. The first-order valence-electron chi connectivity index (χ1n) is 3.24. The highest BCUT2D eigenvalue weighted by molar-refractivity contribution is 6.29. The van der Waals surface area contributed by atoms with E-state index in [9.17, 15) is 4.79 Å². The molecule has 7 N–H and O–H groups in total. The van der Waals surface area contributed by atoms with Gasteiger partial charge in [0.1, 0.15) is 0 Å². The average molecular weight is 222 g/mol. The van der Waals surface area contributed by atoms with Crippen LogP contribution in [0.1, 0.15) is 6.92 Å². The second kappa shape index (κ2) is 7.80. The molecule has 80 valence electrons. The maximum atomic E-state index is 10.1. The number of carbonyl (C=O) groups excluding carboxylic acids is 1. The summed E-state index contributed by atoms with van der Waals surface area (Å²) in [6, 6.07) is -0.758. The Bertz CT molecular complexity index is 267. The van der Waals surface area contributed by atoms with Crippen molar-refractivity contribution >= 4 is 36.3 Å². The smallest absolute Gasteiger partial charge is 0.332 e. The van der Waals surface area contributed by atoms with E-state index in [0.29, 0.717) is 5.71 Å². The number of hydrogen-bond acceptors (Lipinski definition) is 4. The lowest BCUT2D eigenvalue weighted by Gasteiger charge is -1.90. The number of nitrogens with two attached hydrogens (primary N) is 3. The van der Waals surface area contributed by atoms with Gasteiger partial charge in [-0.2, -0.15) is 10.2 Å². The first-order chi connectivity index (χ1) is 6.02. The van der Waals surface area contributed by atoms with E-state index in [2.05, 4.69) is 15.3 Å². The van der Waals surface area contributed by atoms with Gasteiger partial charge >= 0.3 is 6.03 Å². The van der Waals surface area contributed by atoms with E-state index in [1.807, 2.05) is 5.43 Å². The molecule has 0 saturated carbocycles. The van der Waals surface area contributed by atoms with Crippen LogP contribution in [0.15, 0.2) is 15.3 Å². The third kappa shape index (κ3) is 10.2. The van der Waals surface area contributed by atoms with Gasteiger partial charge in [-0.1, -0.05) is 0 Å². The third-order valence-corrected chi connectivity index (χ3v) is 0.749. The Morgan fingerprint density at radius 2 is 1.86 bits per heavy atom. The maximum absolute atomic E-state index is 10.1. The summed E-state index contributed by atoms with van der Waals surface area (Å²) in [5.74, 6) is -0.157. The summed E-state index contributed by atoms with van der Waals surface area (Å²) >= 11 is 0. The number of nitrogens with one attached hydrogen (secondary N) is 1. The molecule has 0 rings (SSSR count). The molecule has 0 aliphatic heterocycles. The second-order valence-electron chi connectivity index (χ2n) is 2.00. The van der Waals surface area contributed by atoms with Crippen molar-refractivity contribution in [1.82, 2.24) is 5.43 Å². The molecule has 8 nitrogen and oxygen atoms in total. The predicted octanol–water partition coefficient (Wildman–Crippen LogP) is -1.29. The van der Waals surface area contributed by atoms with Crippen molar-refractivity contribution < 1.29 is 4.79 Å². The number of urea groups is 1. The minimum absolute atomic E-state index is 0. The lowest BCUT2D eigenvalue weighted by atomic mass is 10.5. The van der Waals surface area contributed by atoms with Crippen LogP contribution in [-0.2, 0) is 0 Å². The van der Waals surface area contributed by atoms with Gasteiger partial charge in [0, 0.05) is 0 Å². The number of halogens is 1. The number of hydrazone groups is 1. The zero-order valence-electron chi connectivity index (χ0n) is 7.47. The Morgan fingerprint density at radius 3 is 2.29 bits per heavy atom. The van der Waals surface area contributed by atoms with Crippen LogP contribution >= 0.6 is 12.4 Å². The quantitative estimate of drug-likeness (QED) is 0.267. The molecule has 0 unspecified atom stereocenters. The predicted molar refractivity (Wildman–Crippen MR) is 57.4 cm³/mol. The molecule has 0 aliphatic rings. The molecule has 0 radical (unpaired) electrons. The molecule has 14 heavy (non-hydrogen) atoms. The maximum Gasteiger partial charge on any atom is 0.332 e. The third-order valence-electron chi connectivity index (χ3n) is 0.749. The molecule has 0 fully saturated rings. The molecule has 9 heteroatoms. The van der Waals surface area contributed by atoms with Crippen LogP contribution in [0.25, 0.3) is 0 Å². The van der Waals surface area contributed by atoms with E-state index in [0.717, 1.165) is 0 Å². The van der Waals surface area contributed by atoms with E-state index in [4.69, 9.17) is 17.2 Å². The first-order valence-corrected chi connectivity index (χ1v) is 3.24. The minimum Gasteiger partial charge on any atom is -0.369 e. The Hall–Kier alpha value is -1.83. The monoisotopic (exact) mass is 221 g/mol. The fourth-order valence-electron chi connectivity index (χ4n) is 0.352. The Morgan fingerprint density at radius 1 is 1.29 bits per heavy atom. The lowest BCUT2D eigenvalue weighted by Crippen LogP contribution is -2.24. The summed E-state index contributed by atoms with van der Waals surface area (Å²) in [6.07, 6.45) is 1.25. The Labute approximate surface area is 86.7 Å². The van der Waals surface area contributed by atoms with Crippen molar-refractivity contribution in [2.45, 2.75) is 6.92 Å². The summed E-state index contributed by atoms with van der Waals surface area (Å²) in [6.45, 7) is 1.60. The highest BCUT2D eigenvalue weighted by Gasteiger charge is 1.86. The van der Waals surface area contributed by atoms with Crippen molar-refractivity contribution in [2.24, 2.45) is 32.5 Å². The van der Waals surface area contributed by atoms with Gasteiger partial charge in [-0.15, -0.1) is 17.5 Å². The normalized spacial score (nSPS) is 10.5. The van der Waals surface area contributed by atoms with Gasteiger partial charge in [-0.25, -0.2) is 10.2 Å². The fourth-order valence-corrected chi connectivity index (χ4v) is 0.352. The van der Waals surface area contributed by atoms with Crippen LogP contribution in [-0.4, -0.2) is 23.9 Å². The van der Waals surface area contributed by atoms with E-state index < -0.39 is 6.03 Å². The molecular formula is C5H12ClN7O. The van der Waals surface area contributed by atoms with Crippen LogP contribution < -0.4 is 22.6 Å². The SMILES string of the molecule is CC(C=NNC(N)=O)=NN=C(N)N.Cl. The molecule has 0 saturated heterocycles. The molecule has 0 heterocycles. The zero-order valence-corrected chi connectivity index (χ0v) is 8.28. The Balaban J connectivity index is 0. The van der Waals surface area contributed by atoms with Gasteiger partial charge < -0.3 is 17.2 Å². The number of nitrogens with zero attached hydrogens (tertiary/aromatic N) is 3. The summed E-state index contributed by atoms with van der Waals surface area (Å²) in [5, 5.41) is 10.3. The van der Waals surface area contributed by atoms with Gasteiger partial charge in [0.05, 0.1) is 11.9 Å². The van der Waals surface area contributed by atoms with Crippen LogP contribution in [0.5, 0.6) is 0 Å². The number of carbonyl (C=O) groups is 1. The van der Waals surface area contributed by atoms with E-state index in [1.165, 1.54) is 6.21 Å². The van der Waals surface area contributed by atoms with Gasteiger partial charge in [-0.05, 0) is 6.92 Å². The number of primary amides is 1. The molecule has 2 amide bonds. The van der Waals surface area contributed by atoms with Crippen molar-refractivity contribution in [3.8, 4) is 0 Å². The van der Waals surface area contributed by atoms with Crippen LogP contribution in [0.4, 0.5) is 4.79 Å². The van der Waals surface area contributed by atoms with E-state index >= 15 is 0 Å². The molecule has 0 atom stereocenters. The standard InChI is InChI=1S/C5H11N7O.ClH/c1-3(10-11-4(6)7)2-9-12-5(8)13;/h2H,1H3,(H4,6,7,11)(H3,8,12,13);1H. The lowest BCUT2D eigenvalue weighted by molar-refractivity contribution is 0.249. The van der Waals surface area contributed by atoms with Crippen LogP contribution in [0.3, 0.4) is 0 Å². The Kier molecular flexibility index (Phi) is 8.18. The zero-order chi connectivity index (χ0) is 10.3. The van der Waals surface area contributed by atoms with E-state index in [1.54, 1.807) is 6.92 Å². The summed E-state index contributed by atoms with van der Waals surface area (Å²) < 4.78 is 0. The van der Waals surface area contributed by atoms with Gasteiger partial charge in [0.15, 0.2) is 0 Å². The number of hydrogen-bond donors (Lipinski definition) is 4. The molecule has 0 spiro atoms. The van der Waals surface area contributed by atoms with Gasteiger partial charge in [0.2, 0.25) is 5.96 Å². The fraction of sp³-hybridized carbons (Fsp3) is 0.200. The highest BCUT2D eigenvalue weighted by Crippen LogP contribution is 1.74. The second-order valence-corrected chi connectivity index (χ2v) is 2.00. The molecule has 0 aromatic carbocycles. The van der Waals surface area contributed by atoms with Crippen LogP contribution in [0, 0.1) is 0 Å². The van der Waals surface area contributed by atoms with Crippen LogP contribution in [0.2, 0.25) is 0 Å². The van der Waals surface area contributed by atoms with Crippen molar-refractivity contribution in [2.75, 3.05) is 0 Å². The topological polar surface area (TPSA) is 144 Å². The molecule has 0 aromatic rings. The van der Waals surface area contributed by atoms with Crippen molar-refractivity contribution in [1.29, 1.82) is 0 Å². The summed E-state index contributed by atoms with van der Waals surface area (Å²) in [4.78, 5) is 10.1. The average Bonchev–Trinajstić information content (AvgIpc) is 2.00. The first kappa shape index (κ1) is 14.7. The molecular weight excluding hydrogens is 210 g/mol. The summed E-state index contributed by atoms with van der Waals surface area (Å²) in [7, 11) is 0.